The summed E-state index contributed by atoms with van der Waals surface area (Å²) in [5, 5.41) is 10.7. The van der Waals surface area contributed by atoms with Crippen molar-refractivity contribution in [3.8, 4) is 0 Å². The molecule has 1 aliphatic heterocycles. The third-order valence-electron chi connectivity index (χ3n) is 3.50. The highest BCUT2D eigenvalue weighted by Gasteiger charge is 2.22. The predicted molar refractivity (Wildman–Crippen MR) is 83.7 cm³/mol. The van der Waals surface area contributed by atoms with Crippen LogP contribution < -0.4 is 4.90 Å². The first-order chi connectivity index (χ1) is 9.45. The summed E-state index contributed by atoms with van der Waals surface area (Å²) in [5.74, 6) is 0.454. The van der Waals surface area contributed by atoms with E-state index in [-0.39, 0.29) is 0 Å². The van der Waals surface area contributed by atoms with Crippen molar-refractivity contribution in [1.82, 2.24) is 15.1 Å². The van der Waals surface area contributed by atoms with Gasteiger partial charge in [-0.05, 0) is 13.8 Å². The normalized spacial score (nSPS) is 24.3. The average Bonchev–Trinajstić information content (AvgIpc) is 2.84. The van der Waals surface area contributed by atoms with Crippen molar-refractivity contribution < 1.29 is 4.74 Å². The van der Waals surface area contributed by atoms with E-state index >= 15 is 0 Å². The van der Waals surface area contributed by atoms with Crippen molar-refractivity contribution >= 4 is 16.5 Å². The molecule has 0 N–H and O–H groups in total. The van der Waals surface area contributed by atoms with Crippen LogP contribution in [-0.4, -0.2) is 60.5 Å². The molecule has 2 heterocycles. The molecule has 1 aromatic rings. The topological polar surface area (TPSA) is 41.5 Å². The molecule has 0 radical (unpaired) electrons. The summed E-state index contributed by atoms with van der Waals surface area (Å²) in [4.78, 5) is 4.67. The lowest BCUT2D eigenvalue weighted by molar-refractivity contribution is -0.0670. The van der Waals surface area contributed by atoms with Crippen molar-refractivity contribution in [3.63, 3.8) is 0 Å². The number of likely N-dealkylation sites (N-methyl/N-ethyl adjacent to an activating group) is 1. The molecule has 1 fully saturated rings. The molecule has 0 aromatic carbocycles. The van der Waals surface area contributed by atoms with Gasteiger partial charge in [0.15, 0.2) is 0 Å². The molecule has 0 unspecified atom stereocenters. The van der Waals surface area contributed by atoms with Gasteiger partial charge < -0.3 is 9.64 Å². The van der Waals surface area contributed by atoms with E-state index in [1.165, 1.54) is 0 Å². The lowest BCUT2D eigenvalue weighted by atomic mass is 10.2. The van der Waals surface area contributed by atoms with Gasteiger partial charge in [-0.15, -0.1) is 10.2 Å². The summed E-state index contributed by atoms with van der Waals surface area (Å²) in [5.41, 5.74) is 0. The third-order valence-corrected chi connectivity index (χ3v) is 4.84. The Kier molecular flexibility index (Phi) is 5.35. The van der Waals surface area contributed by atoms with Gasteiger partial charge in [0, 0.05) is 39.1 Å². The van der Waals surface area contributed by atoms with E-state index in [9.17, 15) is 0 Å². The molecular formula is C14H26N4OS. The fourth-order valence-electron chi connectivity index (χ4n) is 2.47. The molecule has 20 heavy (non-hydrogen) atoms. The largest absolute Gasteiger partial charge is 0.373 e. The van der Waals surface area contributed by atoms with Crippen LogP contribution in [-0.2, 0) is 4.74 Å². The molecule has 6 heteroatoms. The van der Waals surface area contributed by atoms with Crippen LogP contribution in [0.25, 0.3) is 0 Å². The quantitative estimate of drug-likeness (QED) is 0.833. The first-order valence-electron chi connectivity index (χ1n) is 7.38. The maximum atomic E-state index is 5.76. The Balaban J connectivity index is 1.83. The van der Waals surface area contributed by atoms with Gasteiger partial charge in [0.25, 0.3) is 0 Å². The van der Waals surface area contributed by atoms with Crippen molar-refractivity contribution in [2.45, 2.75) is 45.8 Å². The Labute approximate surface area is 125 Å². The van der Waals surface area contributed by atoms with Crippen molar-refractivity contribution in [1.29, 1.82) is 0 Å². The number of nitrogens with zero attached hydrogens (tertiary/aromatic N) is 4. The van der Waals surface area contributed by atoms with Crippen LogP contribution >= 0.6 is 11.3 Å². The van der Waals surface area contributed by atoms with E-state index in [1.807, 2.05) is 0 Å². The molecule has 0 bridgehead atoms. The Morgan fingerprint density at radius 2 is 1.95 bits per heavy atom. The number of aromatic nitrogens is 2. The summed E-state index contributed by atoms with van der Waals surface area (Å²) in [7, 11) is 2.10. The Hall–Kier alpha value is -0.720. The first-order valence-corrected chi connectivity index (χ1v) is 8.19. The fourth-order valence-corrected chi connectivity index (χ4v) is 3.30. The highest BCUT2D eigenvalue weighted by atomic mass is 32.1. The van der Waals surface area contributed by atoms with Gasteiger partial charge >= 0.3 is 0 Å². The standard InChI is InChI=1S/C14H26N4OS/c1-10(2)13-15-16-14(20-13)17(5)6-7-18-8-11(3)19-12(4)9-18/h10-12H,6-9H2,1-5H3/t11-,12+. The minimum atomic E-state index is 0.332. The maximum Gasteiger partial charge on any atom is 0.208 e. The third kappa shape index (κ3) is 4.14. The second-order valence-electron chi connectivity index (χ2n) is 6.02. The molecule has 0 aliphatic carbocycles. The lowest BCUT2D eigenvalue weighted by Crippen LogP contribution is -2.47. The van der Waals surface area contributed by atoms with E-state index in [1.54, 1.807) is 11.3 Å². The number of hydrogen-bond donors (Lipinski definition) is 0. The van der Waals surface area contributed by atoms with Gasteiger partial charge in [-0.1, -0.05) is 25.2 Å². The average molecular weight is 298 g/mol. The van der Waals surface area contributed by atoms with Gasteiger partial charge in [0.05, 0.1) is 12.2 Å². The zero-order valence-corrected chi connectivity index (χ0v) is 14.0. The van der Waals surface area contributed by atoms with Crippen LogP contribution in [0.1, 0.15) is 38.6 Å². The van der Waals surface area contributed by atoms with Gasteiger partial charge in [0.2, 0.25) is 5.13 Å². The molecule has 2 atom stereocenters. The minimum Gasteiger partial charge on any atom is -0.373 e. The molecular weight excluding hydrogens is 272 g/mol. The minimum absolute atomic E-state index is 0.332. The Bertz CT molecular complexity index is 413. The number of hydrogen-bond acceptors (Lipinski definition) is 6. The molecule has 114 valence electrons. The fraction of sp³-hybridized carbons (Fsp3) is 0.857. The molecule has 1 saturated heterocycles. The molecule has 2 rings (SSSR count). The smallest absolute Gasteiger partial charge is 0.208 e. The second-order valence-corrected chi connectivity index (χ2v) is 7.00. The number of ether oxygens (including phenoxy) is 1. The van der Waals surface area contributed by atoms with Crippen LogP contribution in [0.4, 0.5) is 5.13 Å². The van der Waals surface area contributed by atoms with E-state index in [4.69, 9.17) is 4.74 Å². The van der Waals surface area contributed by atoms with Crippen LogP contribution in [0.2, 0.25) is 0 Å². The summed E-state index contributed by atoms with van der Waals surface area (Å²) in [6.07, 6.45) is 0.663. The molecule has 1 aliphatic rings. The van der Waals surface area contributed by atoms with E-state index < -0.39 is 0 Å². The first kappa shape index (κ1) is 15.7. The van der Waals surface area contributed by atoms with Crippen molar-refractivity contribution in [3.05, 3.63) is 5.01 Å². The van der Waals surface area contributed by atoms with E-state index in [0.29, 0.717) is 18.1 Å². The zero-order valence-electron chi connectivity index (χ0n) is 13.2. The SMILES string of the molecule is CC(C)c1nnc(N(C)CCN2C[C@@H](C)O[C@@H](C)C2)s1. The number of rotatable bonds is 5. The predicted octanol–water partition coefficient (Wildman–Crippen LogP) is 2.21. The van der Waals surface area contributed by atoms with E-state index in [0.717, 1.165) is 36.3 Å². The molecule has 0 saturated carbocycles. The molecule has 0 amide bonds. The van der Waals surface area contributed by atoms with Crippen LogP contribution in [0.15, 0.2) is 0 Å². The summed E-state index contributed by atoms with van der Waals surface area (Å²) in [6.45, 7) is 12.7. The molecule has 5 nitrogen and oxygen atoms in total. The Morgan fingerprint density at radius 3 is 2.50 bits per heavy atom. The van der Waals surface area contributed by atoms with Crippen LogP contribution in [0.5, 0.6) is 0 Å². The summed E-state index contributed by atoms with van der Waals surface area (Å²) >= 11 is 1.70. The second kappa shape index (κ2) is 6.83. The highest BCUT2D eigenvalue weighted by Crippen LogP contribution is 2.24. The maximum absolute atomic E-state index is 5.76. The molecule has 0 spiro atoms. The van der Waals surface area contributed by atoms with Gasteiger partial charge in [-0.25, -0.2) is 0 Å². The highest BCUT2D eigenvalue weighted by molar-refractivity contribution is 7.15. The molecule has 1 aromatic heterocycles. The summed E-state index contributed by atoms with van der Waals surface area (Å²) in [6, 6.07) is 0. The lowest BCUT2D eigenvalue weighted by Gasteiger charge is -2.36. The zero-order chi connectivity index (χ0) is 14.7. The number of morpholine rings is 1. The van der Waals surface area contributed by atoms with Crippen molar-refractivity contribution in [2.24, 2.45) is 0 Å². The number of anilines is 1. The van der Waals surface area contributed by atoms with Gasteiger partial charge in [-0.3, -0.25) is 4.90 Å². The van der Waals surface area contributed by atoms with Gasteiger partial charge in [0.1, 0.15) is 5.01 Å². The monoisotopic (exact) mass is 298 g/mol. The van der Waals surface area contributed by atoms with E-state index in [2.05, 4.69) is 54.7 Å². The summed E-state index contributed by atoms with van der Waals surface area (Å²) < 4.78 is 5.76. The Morgan fingerprint density at radius 1 is 1.30 bits per heavy atom. The van der Waals surface area contributed by atoms with Gasteiger partial charge in [-0.2, -0.15) is 0 Å². The van der Waals surface area contributed by atoms with Crippen molar-refractivity contribution in [2.75, 3.05) is 38.1 Å². The van der Waals surface area contributed by atoms with Crippen LogP contribution in [0.3, 0.4) is 0 Å². The van der Waals surface area contributed by atoms with Crippen LogP contribution in [0, 0.1) is 0 Å².